The Labute approximate surface area is 204 Å². The maximum absolute atomic E-state index is 15.1. The largest absolute Gasteiger partial charge is 0.463 e. The van der Waals surface area contributed by atoms with Crippen molar-refractivity contribution in [2.75, 3.05) is 20.3 Å². The van der Waals surface area contributed by atoms with Crippen LogP contribution in [0.2, 0.25) is 0 Å². The highest BCUT2D eigenvalue weighted by atomic mass is 32.2. The summed E-state index contributed by atoms with van der Waals surface area (Å²) in [5.74, 6) is 1.86. The Morgan fingerprint density at radius 2 is 2.26 bits per heavy atom. The Morgan fingerprint density at radius 3 is 3.09 bits per heavy atom. The normalized spacial score (nSPS) is 27.0. The summed E-state index contributed by atoms with van der Waals surface area (Å²) >= 11 is 1.28. The summed E-state index contributed by atoms with van der Waals surface area (Å²) in [6.07, 6.45) is 10.7. The molecule has 0 radical (unpaired) electrons. The minimum absolute atomic E-state index is 0.0367. The number of aromatic nitrogens is 4. The number of rotatable bonds is 7. The number of nitrogens with zero attached hydrogens (tertiary/aromatic N) is 5. The van der Waals surface area contributed by atoms with Gasteiger partial charge < -0.3 is 15.2 Å². The molecule has 0 amide bonds. The molecular weight excluding hydrogens is 455 g/mol. The van der Waals surface area contributed by atoms with Gasteiger partial charge in [0.15, 0.2) is 11.8 Å². The SMILES string of the molecule is [2H]C([2H])([2H])OC[C@]12C[C@H]1[C@@](C)(c1cc(Cc3nccc4nc(OCC#C)cnc34)cnc1F)N=C(N)S2. The number of nitrogens with two attached hydrogens (primary N) is 1. The number of methoxy groups -OCH3 is 1. The van der Waals surface area contributed by atoms with Gasteiger partial charge in [-0.15, -0.1) is 6.42 Å². The molecule has 174 valence electrons. The molecule has 0 saturated heterocycles. The van der Waals surface area contributed by atoms with E-state index in [1.165, 1.54) is 24.2 Å². The van der Waals surface area contributed by atoms with E-state index in [2.05, 4.69) is 30.8 Å². The van der Waals surface area contributed by atoms with Gasteiger partial charge in [-0.2, -0.15) is 4.39 Å². The number of fused-ring (bicyclic) bond motifs is 2. The van der Waals surface area contributed by atoms with E-state index in [4.69, 9.17) is 25.7 Å². The van der Waals surface area contributed by atoms with E-state index in [1.807, 2.05) is 0 Å². The van der Waals surface area contributed by atoms with Crippen molar-refractivity contribution in [3.05, 3.63) is 53.5 Å². The van der Waals surface area contributed by atoms with Gasteiger partial charge in [-0.05, 0) is 31.0 Å². The quantitative estimate of drug-likeness (QED) is 0.405. The number of hydrogen-bond donors (Lipinski definition) is 1. The van der Waals surface area contributed by atoms with Gasteiger partial charge in [0.1, 0.15) is 5.52 Å². The van der Waals surface area contributed by atoms with Crippen LogP contribution >= 0.6 is 11.8 Å². The predicted octanol–water partition coefficient (Wildman–Crippen LogP) is 2.84. The van der Waals surface area contributed by atoms with Crippen molar-refractivity contribution < 1.29 is 18.0 Å². The number of amidine groups is 1. The fourth-order valence-electron chi connectivity index (χ4n) is 4.64. The smallest absolute Gasteiger partial charge is 0.233 e. The van der Waals surface area contributed by atoms with Crippen molar-refractivity contribution in [3.63, 3.8) is 0 Å². The summed E-state index contributed by atoms with van der Waals surface area (Å²) < 4.78 is 47.2. The average Bonchev–Trinajstić information content (AvgIpc) is 3.58. The maximum atomic E-state index is 15.1. The molecule has 2 aliphatic rings. The number of halogens is 1. The maximum Gasteiger partial charge on any atom is 0.233 e. The molecule has 8 nitrogen and oxygen atoms in total. The third kappa shape index (κ3) is 3.85. The van der Waals surface area contributed by atoms with Crippen LogP contribution in [0.4, 0.5) is 4.39 Å². The van der Waals surface area contributed by atoms with Crippen LogP contribution in [-0.2, 0) is 16.7 Å². The van der Waals surface area contributed by atoms with Crippen LogP contribution in [0.1, 0.15) is 34.3 Å². The van der Waals surface area contributed by atoms with Crippen LogP contribution in [0.15, 0.2) is 35.7 Å². The van der Waals surface area contributed by atoms with E-state index in [0.717, 1.165) is 0 Å². The first kappa shape index (κ1) is 19.1. The van der Waals surface area contributed by atoms with Crippen LogP contribution in [0.3, 0.4) is 0 Å². The van der Waals surface area contributed by atoms with Gasteiger partial charge >= 0.3 is 0 Å². The fraction of sp³-hybridized carbons (Fsp3) is 0.375. The van der Waals surface area contributed by atoms with Gasteiger partial charge in [0, 0.05) is 37.3 Å². The number of terminal acetylenes is 1. The summed E-state index contributed by atoms with van der Waals surface area (Å²) in [6, 6.07) is 3.43. The standard InChI is InChI=1S/C24H23FN6O2S/c1-4-7-33-19-12-28-20-16(30-19)5-6-27-17(20)9-14-8-15(21(25)29-11-14)23(2)18-10-24(18,13-32-3)34-22(26)31-23/h1,5-6,8,11-12,18H,7,9-10,13H2,2-3H3,(H2,26,31)/t18-,23+,24+/m0/s1/i3D3. The number of hydrogen-bond acceptors (Lipinski definition) is 9. The van der Waals surface area contributed by atoms with E-state index >= 15 is 4.39 Å². The van der Waals surface area contributed by atoms with Crippen LogP contribution in [0.5, 0.6) is 5.88 Å². The highest BCUT2D eigenvalue weighted by molar-refractivity contribution is 8.15. The van der Waals surface area contributed by atoms with E-state index in [1.54, 1.807) is 25.3 Å². The minimum atomic E-state index is -2.53. The molecule has 0 unspecified atom stereocenters. The van der Waals surface area contributed by atoms with E-state index < -0.39 is 23.3 Å². The van der Waals surface area contributed by atoms with Crippen LogP contribution < -0.4 is 10.5 Å². The van der Waals surface area contributed by atoms with E-state index in [9.17, 15) is 0 Å². The Balaban J connectivity index is 1.45. The first-order valence-electron chi connectivity index (χ1n) is 12.0. The highest BCUT2D eigenvalue weighted by Gasteiger charge is 2.66. The molecule has 3 aromatic heterocycles. The molecule has 0 aromatic carbocycles. The molecule has 0 spiro atoms. The van der Waals surface area contributed by atoms with E-state index in [-0.39, 0.29) is 29.9 Å². The third-order valence-electron chi connectivity index (χ3n) is 6.30. The zero-order valence-corrected chi connectivity index (χ0v) is 19.1. The molecule has 4 heterocycles. The highest BCUT2D eigenvalue weighted by Crippen LogP contribution is 2.65. The predicted molar refractivity (Wildman–Crippen MR) is 128 cm³/mol. The topological polar surface area (TPSA) is 108 Å². The summed E-state index contributed by atoms with van der Waals surface area (Å²) in [5.41, 5.74) is 7.87. The number of aliphatic imine (C=N–C) groups is 1. The van der Waals surface area contributed by atoms with Crippen molar-refractivity contribution in [3.8, 4) is 18.2 Å². The van der Waals surface area contributed by atoms with Crippen LogP contribution in [0, 0.1) is 24.2 Å². The van der Waals surface area contributed by atoms with Gasteiger partial charge in [0.05, 0.1) is 38.4 Å². The minimum Gasteiger partial charge on any atom is -0.463 e. The molecule has 2 N–H and O–H groups in total. The summed E-state index contributed by atoms with van der Waals surface area (Å²) in [4.78, 5) is 21.9. The number of thioether (sulfide) groups is 1. The third-order valence-corrected chi connectivity index (χ3v) is 7.58. The Hall–Kier alpha value is -3.29. The fourth-order valence-corrected chi connectivity index (χ4v) is 6.03. The first-order valence-corrected chi connectivity index (χ1v) is 11.3. The lowest BCUT2D eigenvalue weighted by molar-refractivity contribution is 0.184. The monoisotopic (exact) mass is 481 g/mol. The van der Waals surface area contributed by atoms with Crippen molar-refractivity contribution in [2.24, 2.45) is 16.6 Å². The van der Waals surface area contributed by atoms with Crippen LogP contribution in [0.25, 0.3) is 11.0 Å². The Morgan fingerprint density at radius 1 is 1.38 bits per heavy atom. The number of ether oxygens (including phenoxy) is 2. The van der Waals surface area contributed by atoms with Crippen molar-refractivity contribution in [1.29, 1.82) is 0 Å². The second kappa shape index (κ2) is 8.49. The molecule has 34 heavy (non-hydrogen) atoms. The lowest BCUT2D eigenvalue weighted by Gasteiger charge is -2.34. The summed E-state index contributed by atoms with van der Waals surface area (Å²) in [6.45, 7) is 1.84. The molecule has 10 heteroatoms. The van der Waals surface area contributed by atoms with Crippen molar-refractivity contribution >= 4 is 28.0 Å². The van der Waals surface area contributed by atoms with E-state index in [0.29, 0.717) is 41.0 Å². The van der Waals surface area contributed by atoms with Gasteiger partial charge in [0.25, 0.3) is 0 Å². The second-order valence-corrected chi connectivity index (χ2v) is 9.93. The molecule has 1 aliphatic heterocycles. The lowest BCUT2D eigenvalue weighted by Crippen LogP contribution is -2.38. The summed E-state index contributed by atoms with van der Waals surface area (Å²) in [5, 5.41) is 0.254. The Kier molecular flexibility index (Phi) is 4.76. The van der Waals surface area contributed by atoms with Crippen molar-refractivity contribution in [2.45, 2.75) is 30.1 Å². The zero-order chi connectivity index (χ0) is 26.4. The molecule has 3 atom stereocenters. The molecular formula is C24H23FN6O2S. The Bertz CT molecular complexity index is 1450. The molecule has 0 bridgehead atoms. The van der Waals surface area contributed by atoms with Crippen molar-refractivity contribution in [1.82, 2.24) is 19.9 Å². The van der Waals surface area contributed by atoms with Crippen LogP contribution in [-0.4, -0.2) is 50.1 Å². The second-order valence-electron chi connectivity index (χ2n) is 8.49. The molecule has 5 rings (SSSR count). The molecule has 3 aromatic rings. The zero-order valence-electron chi connectivity index (χ0n) is 21.3. The van der Waals surface area contributed by atoms with Gasteiger partial charge in [-0.25, -0.2) is 15.0 Å². The van der Waals surface area contributed by atoms with Gasteiger partial charge in [-0.1, -0.05) is 17.7 Å². The molecule has 1 fully saturated rings. The molecule has 1 aliphatic carbocycles. The molecule has 1 saturated carbocycles. The lowest BCUT2D eigenvalue weighted by atomic mass is 9.86. The van der Waals surface area contributed by atoms with Gasteiger partial charge in [-0.3, -0.25) is 9.98 Å². The van der Waals surface area contributed by atoms with Gasteiger partial charge in [0.2, 0.25) is 11.8 Å². The first-order chi connectivity index (χ1) is 17.5. The average molecular weight is 482 g/mol. The number of pyridine rings is 2. The summed E-state index contributed by atoms with van der Waals surface area (Å²) in [7, 11) is -2.53.